The van der Waals surface area contributed by atoms with Crippen LogP contribution in [0.25, 0.3) is 0 Å². The van der Waals surface area contributed by atoms with E-state index in [4.69, 9.17) is 10.0 Å². The Morgan fingerprint density at radius 3 is 2.12 bits per heavy atom. The number of benzene rings is 2. The van der Waals surface area contributed by atoms with Gasteiger partial charge in [0.2, 0.25) is 0 Å². The van der Waals surface area contributed by atoms with Gasteiger partial charge in [-0.15, -0.1) is 13.2 Å². The first-order chi connectivity index (χ1) is 11.2. The van der Waals surface area contributed by atoms with Crippen molar-refractivity contribution < 1.29 is 32.8 Å². The Balaban J connectivity index is 1.92. The van der Waals surface area contributed by atoms with Gasteiger partial charge in [-0.3, -0.25) is 4.79 Å². The Labute approximate surface area is 135 Å². The monoisotopic (exact) mass is 339 g/mol. The zero-order valence-electron chi connectivity index (χ0n) is 12.2. The van der Waals surface area contributed by atoms with Crippen molar-refractivity contribution in [3.05, 3.63) is 59.7 Å². The maximum atomic E-state index is 12.1. The van der Waals surface area contributed by atoms with E-state index in [9.17, 15) is 18.0 Å². The first kappa shape index (κ1) is 17.8. The molecule has 2 aromatic rings. The van der Waals surface area contributed by atoms with E-state index in [0.717, 1.165) is 17.7 Å². The Hall–Kier alpha value is -2.52. The van der Waals surface area contributed by atoms with Crippen LogP contribution in [0.4, 0.5) is 13.2 Å². The minimum Gasteiger partial charge on any atom is -0.423 e. The Morgan fingerprint density at radius 1 is 1.04 bits per heavy atom. The molecule has 0 bridgehead atoms. The standard InChI is InChI=1S/C15H13BF3NO4/c17-15(18,19)24-13-7-3-11(4-8-13)14(21)20-9-10-1-5-12(6-2-10)16(22)23/h1-8,22-23H,9H2,(H,20,21). The van der Waals surface area contributed by atoms with E-state index in [2.05, 4.69) is 10.1 Å². The molecule has 9 heteroatoms. The topological polar surface area (TPSA) is 78.8 Å². The van der Waals surface area contributed by atoms with E-state index in [1.807, 2.05) is 0 Å². The van der Waals surface area contributed by atoms with Gasteiger partial charge in [-0.2, -0.15) is 0 Å². The van der Waals surface area contributed by atoms with Crippen LogP contribution in [0.1, 0.15) is 15.9 Å². The first-order valence-electron chi connectivity index (χ1n) is 6.83. The summed E-state index contributed by atoms with van der Waals surface area (Å²) >= 11 is 0. The number of nitrogens with one attached hydrogen (secondary N) is 1. The molecule has 0 saturated carbocycles. The molecule has 0 heterocycles. The van der Waals surface area contributed by atoms with Gasteiger partial charge in [0.05, 0.1) is 0 Å². The molecule has 24 heavy (non-hydrogen) atoms. The van der Waals surface area contributed by atoms with Crippen LogP contribution in [-0.4, -0.2) is 29.4 Å². The molecule has 0 saturated heterocycles. The smallest absolute Gasteiger partial charge is 0.423 e. The van der Waals surface area contributed by atoms with E-state index in [0.29, 0.717) is 5.46 Å². The van der Waals surface area contributed by atoms with Crippen LogP contribution >= 0.6 is 0 Å². The Bertz CT molecular complexity index is 687. The van der Waals surface area contributed by atoms with Crippen molar-refractivity contribution in [1.29, 1.82) is 0 Å². The molecular formula is C15H13BF3NO4. The summed E-state index contributed by atoms with van der Waals surface area (Å²) in [6.07, 6.45) is -4.78. The number of alkyl halides is 3. The molecule has 0 fully saturated rings. The largest absolute Gasteiger partial charge is 0.573 e. The Morgan fingerprint density at radius 2 is 1.62 bits per heavy atom. The summed E-state index contributed by atoms with van der Waals surface area (Å²) in [6.45, 7) is 0.182. The second kappa shape index (κ2) is 7.37. The molecule has 0 aliphatic heterocycles. The van der Waals surface area contributed by atoms with E-state index < -0.39 is 25.1 Å². The van der Waals surface area contributed by atoms with Gasteiger partial charge in [-0.25, -0.2) is 0 Å². The summed E-state index contributed by atoms with van der Waals surface area (Å²) in [5.74, 6) is -0.864. The number of hydrogen-bond acceptors (Lipinski definition) is 4. The van der Waals surface area contributed by atoms with Crippen molar-refractivity contribution in [3.8, 4) is 5.75 Å². The lowest BCUT2D eigenvalue weighted by Crippen LogP contribution is -2.29. The summed E-state index contributed by atoms with van der Waals surface area (Å²) in [5.41, 5.74) is 1.24. The van der Waals surface area contributed by atoms with Gasteiger partial charge in [0, 0.05) is 12.1 Å². The summed E-state index contributed by atoms with van der Waals surface area (Å²) in [6, 6.07) is 10.8. The number of hydrogen-bond donors (Lipinski definition) is 3. The van der Waals surface area contributed by atoms with Gasteiger partial charge in [-0.1, -0.05) is 24.3 Å². The van der Waals surface area contributed by atoms with E-state index in [-0.39, 0.29) is 12.1 Å². The third kappa shape index (κ3) is 5.29. The highest BCUT2D eigenvalue weighted by molar-refractivity contribution is 6.58. The average Bonchev–Trinajstić information content (AvgIpc) is 2.52. The van der Waals surface area contributed by atoms with Crippen LogP contribution in [0.5, 0.6) is 5.75 Å². The lowest BCUT2D eigenvalue weighted by molar-refractivity contribution is -0.274. The predicted molar refractivity (Wildman–Crippen MR) is 80.6 cm³/mol. The number of halogens is 3. The van der Waals surface area contributed by atoms with Crippen molar-refractivity contribution in [3.63, 3.8) is 0 Å². The number of rotatable bonds is 5. The van der Waals surface area contributed by atoms with Gasteiger partial charge < -0.3 is 20.1 Å². The predicted octanol–water partition coefficient (Wildman–Crippen LogP) is 1.19. The van der Waals surface area contributed by atoms with Crippen LogP contribution in [0.2, 0.25) is 0 Å². The first-order valence-corrected chi connectivity index (χ1v) is 6.83. The van der Waals surface area contributed by atoms with Crippen LogP contribution in [0, 0.1) is 0 Å². The van der Waals surface area contributed by atoms with Crippen molar-refractivity contribution in [2.24, 2.45) is 0 Å². The van der Waals surface area contributed by atoms with E-state index >= 15 is 0 Å². The Kier molecular flexibility index (Phi) is 5.48. The fourth-order valence-corrected chi connectivity index (χ4v) is 1.90. The third-order valence-electron chi connectivity index (χ3n) is 3.08. The van der Waals surface area contributed by atoms with Crippen molar-refractivity contribution in [2.75, 3.05) is 0 Å². The van der Waals surface area contributed by atoms with Crippen LogP contribution in [0.15, 0.2) is 48.5 Å². The summed E-state index contributed by atoms with van der Waals surface area (Å²) in [4.78, 5) is 11.9. The molecule has 0 aliphatic carbocycles. The zero-order chi connectivity index (χ0) is 17.7. The maximum absolute atomic E-state index is 12.1. The molecule has 126 valence electrons. The third-order valence-corrected chi connectivity index (χ3v) is 3.08. The minimum absolute atomic E-state index is 0.182. The normalized spacial score (nSPS) is 11.0. The quantitative estimate of drug-likeness (QED) is 0.716. The second-order valence-electron chi connectivity index (χ2n) is 4.87. The molecule has 3 N–H and O–H groups in total. The average molecular weight is 339 g/mol. The minimum atomic E-state index is -4.78. The van der Waals surface area contributed by atoms with Crippen LogP contribution in [-0.2, 0) is 6.54 Å². The molecule has 0 radical (unpaired) electrons. The summed E-state index contributed by atoms with van der Waals surface area (Å²) < 4.78 is 39.9. The van der Waals surface area contributed by atoms with Crippen LogP contribution in [0.3, 0.4) is 0 Å². The van der Waals surface area contributed by atoms with Crippen LogP contribution < -0.4 is 15.5 Å². The van der Waals surface area contributed by atoms with Gasteiger partial charge in [0.1, 0.15) is 5.75 Å². The second-order valence-corrected chi connectivity index (χ2v) is 4.87. The zero-order valence-corrected chi connectivity index (χ0v) is 12.2. The molecule has 5 nitrogen and oxygen atoms in total. The molecule has 1 amide bonds. The molecule has 0 atom stereocenters. The lowest BCUT2D eigenvalue weighted by Gasteiger charge is -2.10. The van der Waals surface area contributed by atoms with Gasteiger partial charge in [0.15, 0.2) is 0 Å². The molecular weight excluding hydrogens is 326 g/mol. The lowest BCUT2D eigenvalue weighted by atomic mass is 9.80. The van der Waals surface area contributed by atoms with E-state index in [1.54, 1.807) is 12.1 Å². The van der Waals surface area contributed by atoms with Crippen molar-refractivity contribution >= 4 is 18.5 Å². The van der Waals surface area contributed by atoms with Gasteiger partial charge >= 0.3 is 13.5 Å². The summed E-state index contributed by atoms with van der Waals surface area (Å²) in [5, 5.41) is 20.6. The number of ether oxygens (including phenoxy) is 1. The number of carbonyl (C=O) groups is 1. The van der Waals surface area contributed by atoms with Gasteiger partial charge in [0.25, 0.3) is 5.91 Å². The highest BCUT2D eigenvalue weighted by atomic mass is 19.4. The maximum Gasteiger partial charge on any atom is 0.573 e. The highest BCUT2D eigenvalue weighted by Crippen LogP contribution is 2.22. The van der Waals surface area contributed by atoms with Crippen molar-refractivity contribution in [1.82, 2.24) is 5.32 Å². The summed E-state index contributed by atoms with van der Waals surface area (Å²) in [7, 11) is -1.56. The molecule has 0 aliphatic rings. The molecule has 2 rings (SSSR count). The number of carbonyl (C=O) groups excluding carboxylic acids is 1. The molecule has 0 spiro atoms. The van der Waals surface area contributed by atoms with Gasteiger partial charge in [-0.05, 0) is 35.3 Å². The SMILES string of the molecule is O=C(NCc1ccc(B(O)O)cc1)c1ccc(OC(F)(F)F)cc1. The van der Waals surface area contributed by atoms with E-state index in [1.165, 1.54) is 24.3 Å². The fourth-order valence-electron chi connectivity index (χ4n) is 1.90. The molecule has 0 aromatic heterocycles. The molecule has 0 unspecified atom stereocenters. The molecule has 2 aromatic carbocycles. The number of amides is 1. The van der Waals surface area contributed by atoms with Crippen molar-refractivity contribution in [2.45, 2.75) is 12.9 Å². The highest BCUT2D eigenvalue weighted by Gasteiger charge is 2.31. The fraction of sp³-hybridized carbons (Fsp3) is 0.133.